The molecule has 1 aromatic heterocycles. The van der Waals surface area contributed by atoms with Crippen molar-refractivity contribution in [2.75, 3.05) is 13.1 Å². The van der Waals surface area contributed by atoms with Crippen LogP contribution in [0, 0.1) is 5.92 Å². The Kier molecular flexibility index (Phi) is 4.62. The number of halogens is 3. The molecule has 1 saturated carbocycles. The molecule has 1 saturated heterocycles. The van der Waals surface area contributed by atoms with Crippen LogP contribution >= 0.6 is 0 Å². The van der Waals surface area contributed by atoms with Crippen LogP contribution in [-0.2, 0) is 0 Å². The summed E-state index contributed by atoms with van der Waals surface area (Å²) in [7, 11) is 0. The molecule has 2 fully saturated rings. The Morgan fingerprint density at radius 3 is 2.67 bits per heavy atom. The van der Waals surface area contributed by atoms with Crippen molar-refractivity contribution < 1.29 is 18.0 Å². The Balaban J connectivity index is 1.83. The Bertz CT molecular complexity index is 607. The summed E-state index contributed by atoms with van der Waals surface area (Å²) < 4.78 is 40.9. The minimum absolute atomic E-state index is 0.106. The second kappa shape index (κ2) is 6.41. The summed E-state index contributed by atoms with van der Waals surface area (Å²) in [6.07, 6.45) is 0.762. The molecular formula is C17H24F3N3O. The van der Waals surface area contributed by atoms with Crippen molar-refractivity contribution in [1.29, 1.82) is 0 Å². The third-order valence-corrected chi connectivity index (χ3v) is 5.21. The van der Waals surface area contributed by atoms with Gasteiger partial charge in [-0.15, -0.1) is 0 Å². The zero-order chi connectivity index (χ0) is 17.5. The molecule has 0 unspecified atom stereocenters. The minimum Gasteiger partial charge on any atom is -0.338 e. The highest BCUT2D eigenvalue weighted by Crippen LogP contribution is 2.43. The largest absolute Gasteiger partial charge is 0.393 e. The van der Waals surface area contributed by atoms with Crippen LogP contribution < -0.4 is 0 Å². The van der Waals surface area contributed by atoms with E-state index in [-0.39, 0.29) is 24.9 Å². The number of piperidine rings is 1. The average Bonchev–Trinajstić information content (AvgIpc) is 3.31. The number of likely N-dealkylation sites (tertiary alicyclic amines) is 1. The molecule has 3 rings (SSSR count). The molecule has 4 nitrogen and oxygen atoms in total. The van der Waals surface area contributed by atoms with Gasteiger partial charge in [0.15, 0.2) is 0 Å². The van der Waals surface area contributed by atoms with Crippen molar-refractivity contribution in [3.05, 3.63) is 17.5 Å². The zero-order valence-corrected chi connectivity index (χ0v) is 14.1. The smallest absolute Gasteiger partial charge is 0.338 e. The van der Waals surface area contributed by atoms with Crippen molar-refractivity contribution >= 4 is 5.91 Å². The van der Waals surface area contributed by atoms with Gasteiger partial charge in [-0.1, -0.05) is 6.92 Å². The van der Waals surface area contributed by atoms with E-state index in [9.17, 15) is 18.0 Å². The number of hydrogen-bond acceptors (Lipinski definition) is 2. The lowest BCUT2D eigenvalue weighted by Crippen LogP contribution is -2.44. The number of nitrogens with zero attached hydrogens (tertiary/aromatic N) is 3. The van der Waals surface area contributed by atoms with E-state index in [0.29, 0.717) is 24.4 Å². The summed E-state index contributed by atoms with van der Waals surface area (Å²) in [5.74, 6) is -1.38. The fraction of sp³-hybridized carbons (Fsp3) is 0.765. The van der Waals surface area contributed by atoms with Gasteiger partial charge in [-0.3, -0.25) is 9.48 Å². The van der Waals surface area contributed by atoms with Gasteiger partial charge < -0.3 is 4.90 Å². The zero-order valence-electron chi connectivity index (χ0n) is 14.1. The molecule has 2 heterocycles. The van der Waals surface area contributed by atoms with E-state index in [1.165, 1.54) is 4.90 Å². The maximum Gasteiger partial charge on any atom is 0.393 e. The van der Waals surface area contributed by atoms with Gasteiger partial charge >= 0.3 is 6.18 Å². The summed E-state index contributed by atoms with van der Waals surface area (Å²) in [6, 6.07) is 0.187. The molecule has 2 aliphatic rings. The van der Waals surface area contributed by atoms with E-state index < -0.39 is 12.1 Å². The van der Waals surface area contributed by atoms with E-state index in [2.05, 4.69) is 12.0 Å². The standard InChI is InChI=1S/C17H24F3N3O/c1-3-11(2)23-15(12-6-7-12)14(9-21-23)16(24)22-8-4-5-13(10-22)17(18,19)20/h9,11-13H,3-8,10H2,1-2H3/t11-,13+/m1/s1. The number of amides is 1. The SMILES string of the molecule is CC[C@@H](C)n1ncc(C(=O)N2CCC[C@H](C(F)(F)F)C2)c1C1CC1. The van der Waals surface area contributed by atoms with Crippen LogP contribution in [0.1, 0.15) is 74.0 Å². The minimum atomic E-state index is -4.24. The highest BCUT2D eigenvalue weighted by Gasteiger charge is 2.43. The van der Waals surface area contributed by atoms with Gasteiger partial charge in [0.25, 0.3) is 5.91 Å². The van der Waals surface area contributed by atoms with Gasteiger partial charge in [-0.25, -0.2) is 0 Å². The van der Waals surface area contributed by atoms with E-state index in [1.807, 2.05) is 11.6 Å². The number of carbonyl (C=O) groups is 1. The molecule has 1 aliphatic carbocycles. The molecule has 1 aromatic rings. The Labute approximate surface area is 140 Å². The van der Waals surface area contributed by atoms with Crippen LogP contribution in [0.5, 0.6) is 0 Å². The summed E-state index contributed by atoms with van der Waals surface area (Å²) in [5, 5.41) is 4.38. The number of aromatic nitrogens is 2. The van der Waals surface area contributed by atoms with Crippen LogP contribution in [0.25, 0.3) is 0 Å². The first-order valence-corrected chi connectivity index (χ1v) is 8.76. The maximum absolute atomic E-state index is 13.0. The third kappa shape index (κ3) is 3.30. The van der Waals surface area contributed by atoms with Crippen molar-refractivity contribution in [1.82, 2.24) is 14.7 Å². The number of carbonyl (C=O) groups excluding carboxylic acids is 1. The van der Waals surface area contributed by atoms with E-state index >= 15 is 0 Å². The van der Waals surface area contributed by atoms with Gasteiger partial charge in [0.1, 0.15) is 0 Å². The van der Waals surface area contributed by atoms with Gasteiger partial charge in [-0.05, 0) is 39.0 Å². The van der Waals surface area contributed by atoms with Crippen LogP contribution in [0.4, 0.5) is 13.2 Å². The molecule has 2 atom stereocenters. The molecule has 24 heavy (non-hydrogen) atoms. The first-order chi connectivity index (χ1) is 11.3. The van der Waals surface area contributed by atoms with Gasteiger partial charge in [0.05, 0.1) is 23.4 Å². The lowest BCUT2D eigenvalue weighted by molar-refractivity contribution is -0.184. The highest BCUT2D eigenvalue weighted by atomic mass is 19.4. The number of hydrogen-bond donors (Lipinski definition) is 0. The first-order valence-electron chi connectivity index (χ1n) is 8.76. The van der Waals surface area contributed by atoms with Gasteiger partial charge in [0.2, 0.25) is 0 Å². The van der Waals surface area contributed by atoms with Crippen LogP contribution in [0.3, 0.4) is 0 Å². The second-order valence-electron chi connectivity index (χ2n) is 7.05. The van der Waals surface area contributed by atoms with Crippen molar-refractivity contribution in [2.24, 2.45) is 5.92 Å². The van der Waals surface area contributed by atoms with Crippen molar-refractivity contribution in [3.8, 4) is 0 Å². The van der Waals surface area contributed by atoms with Crippen molar-refractivity contribution in [2.45, 2.75) is 64.1 Å². The molecule has 1 aliphatic heterocycles. The summed E-state index contributed by atoms with van der Waals surface area (Å²) >= 11 is 0. The average molecular weight is 343 g/mol. The Hall–Kier alpha value is -1.53. The maximum atomic E-state index is 13.0. The molecule has 134 valence electrons. The molecule has 1 amide bonds. The molecule has 0 N–H and O–H groups in total. The van der Waals surface area contributed by atoms with Crippen molar-refractivity contribution in [3.63, 3.8) is 0 Å². The normalized spacial score (nSPS) is 23.4. The van der Waals surface area contributed by atoms with Gasteiger partial charge in [0, 0.05) is 25.0 Å². The Morgan fingerprint density at radius 2 is 2.08 bits per heavy atom. The molecule has 7 heteroatoms. The van der Waals surface area contributed by atoms with E-state index in [0.717, 1.165) is 25.0 Å². The molecule has 0 aromatic carbocycles. The third-order valence-electron chi connectivity index (χ3n) is 5.21. The fourth-order valence-corrected chi connectivity index (χ4v) is 3.42. The number of rotatable bonds is 4. The fourth-order valence-electron chi connectivity index (χ4n) is 3.42. The predicted molar refractivity (Wildman–Crippen MR) is 83.9 cm³/mol. The van der Waals surface area contributed by atoms with Crippen LogP contribution in [0.2, 0.25) is 0 Å². The van der Waals surface area contributed by atoms with E-state index in [4.69, 9.17) is 0 Å². The lowest BCUT2D eigenvalue weighted by Gasteiger charge is -2.33. The topological polar surface area (TPSA) is 38.1 Å². The van der Waals surface area contributed by atoms with Gasteiger partial charge in [-0.2, -0.15) is 18.3 Å². The first kappa shape index (κ1) is 17.3. The summed E-state index contributed by atoms with van der Waals surface area (Å²) in [6.45, 7) is 4.27. The highest BCUT2D eigenvalue weighted by molar-refractivity contribution is 5.95. The van der Waals surface area contributed by atoms with Crippen LogP contribution in [-0.4, -0.2) is 39.9 Å². The summed E-state index contributed by atoms with van der Waals surface area (Å²) in [4.78, 5) is 14.2. The molecular weight excluding hydrogens is 319 g/mol. The monoisotopic (exact) mass is 343 g/mol. The second-order valence-corrected chi connectivity index (χ2v) is 7.05. The molecule has 0 spiro atoms. The quantitative estimate of drug-likeness (QED) is 0.824. The van der Waals surface area contributed by atoms with E-state index in [1.54, 1.807) is 6.20 Å². The predicted octanol–water partition coefficient (Wildman–Crippen LogP) is 4.15. The lowest BCUT2D eigenvalue weighted by atomic mass is 9.96. The molecule has 0 bridgehead atoms. The number of alkyl halides is 3. The van der Waals surface area contributed by atoms with Crippen LogP contribution in [0.15, 0.2) is 6.20 Å². The summed E-state index contributed by atoms with van der Waals surface area (Å²) in [5.41, 5.74) is 1.42. The molecule has 0 radical (unpaired) electrons. The Morgan fingerprint density at radius 1 is 1.38 bits per heavy atom.